The summed E-state index contributed by atoms with van der Waals surface area (Å²) in [6, 6.07) is 16.9. The minimum atomic E-state index is -5.01. The molecule has 0 bridgehead atoms. The van der Waals surface area contributed by atoms with Crippen LogP contribution < -0.4 is 14.9 Å². The van der Waals surface area contributed by atoms with Crippen LogP contribution in [0.4, 0.5) is 28.0 Å². The highest BCUT2D eigenvalue weighted by atomic mass is 32.2. The van der Waals surface area contributed by atoms with Gasteiger partial charge in [-0.2, -0.15) is 13.2 Å². The zero-order chi connectivity index (χ0) is 38.8. The fraction of sp³-hybridized carbons (Fsp3) is 0.421. The number of carbonyl (C=O) groups is 2. The van der Waals surface area contributed by atoms with E-state index in [2.05, 4.69) is 20.1 Å². The molecule has 1 aliphatic rings. The van der Waals surface area contributed by atoms with E-state index in [4.69, 9.17) is 4.84 Å². The van der Waals surface area contributed by atoms with Crippen LogP contribution in [0.5, 0.6) is 0 Å². The van der Waals surface area contributed by atoms with Crippen LogP contribution in [0.3, 0.4) is 0 Å². The van der Waals surface area contributed by atoms with Gasteiger partial charge in [-0.3, -0.25) is 19.5 Å². The van der Waals surface area contributed by atoms with E-state index in [0.29, 0.717) is 29.5 Å². The largest absolute Gasteiger partial charge is 0.598 e. The molecular formula is C38H44F4N6O4S. The van der Waals surface area contributed by atoms with Crippen molar-refractivity contribution in [2.45, 2.75) is 95.8 Å². The Labute approximate surface area is 309 Å². The summed E-state index contributed by atoms with van der Waals surface area (Å²) in [5.41, 5.74) is -2.77. The van der Waals surface area contributed by atoms with Crippen molar-refractivity contribution < 1.29 is 36.5 Å². The van der Waals surface area contributed by atoms with Crippen LogP contribution in [0.25, 0.3) is 0 Å². The van der Waals surface area contributed by atoms with Crippen molar-refractivity contribution in [2.24, 2.45) is 5.92 Å². The Morgan fingerprint density at radius 2 is 1.62 bits per heavy atom. The highest BCUT2D eigenvalue weighted by Gasteiger charge is 2.44. The summed E-state index contributed by atoms with van der Waals surface area (Å²) in [6.07, 6.45) is 0.438. The molecule has 284 valence electrons. The van der Waals surface area contributed by atoms with Gasteiger partial charge in [0.15, 0.2) is 11.4 Å². The maximum absolute atomic E-state index is 15.6. The molecule has 1 unspecified atom stereocenters. The highest BCUT2D eigenvalue weighted by Crippen LogP contribution is 2.43. The number of rotatable bonds is 12. The van der Waals surface area contributed by atoms with Gasteiger partial charge in [0.05, 0.1) is 5.69 Å². The van der Waals surface area contributed by atoms with Crippen LogP contribution in [-0.4, -0.2) is 46.7 Å². The normalized spacial score (nSPS) is 15.4. The second-order valence-electron chi connectivity index (χ2n) is 15.1. The van der Waals surface area contributed by atoms with E-state index in [1.807, 2.05) is 20.8 Å². The van der Waals surface area contributed by atoms with Gasteiger partial charge in [0.2, 0.25) is 0 Å². The second kappa shape index (κ2) is 15.5. The number of amides is 2. The lowest BCUT2D eigenvalue weighted by Crippen LogP contribution is -2.52. The third-order valence-corrected chi connectivity index (χ3v) is 10.6. The van der Waals surface area contributed by atoms with E-state index >= 15 is 4.39 Å². The fourth-order valence-electron chi connectivity index (χ4n) is 5.66. The van der Waals surface area contributed by atoms with Crippen molar-refractivity contribution in [3.63, 3.8) is 0 Å². The number of anilines is 1. The first-order valence-electron chi connectivity index (χ1n) is 17.2. The molecule has 0 saturated heterocycles. The summed E-state index contributed by atoms with van der Waals surface area (Å²) >= 11 is -1.62. The Morgan fingerprint density at radius 3 is 2.21 bits per heavy atom. The molecule has 1 aliphatic carbocycles. The quantitative estimate of drug-likeness (QED) is 0.111. The predicted octanol–water partition coefficient (Wildman–Crippen LogP) is 8.02. The first-order chi connectivity index (χ1) is 24.8. The molecule has 0 aliphatic heterocycles. The Hall–Kier alpha value is -4.47. The number of carbonyl (C=O) groups excluding carboxylic acids is 2. The van der Waals surface area contributed by atoms with Gasteiger partial charge in [0, 0.05) is 41.9 Å². The fourth-order valence-corrected chi connectivity index (χ4v) is 6.62. The Morgan fingerprint density at radius 1 is 0.962 bits per heavy atom. The molecule has 4 aromatic rings. The molecule has 15 heteroatoms. The number of alkyl halides is 3. The predicted molar refractivity (Wildman–Crippen MR) is 193 cm³/mol. The van der Waals surface area contributed by atoms with Crippen LogP contribution in [0.2, 0.25) is 0 Å². The van der Waals surface area contributed by atoms with Gasteiger partial charge >= 0.3 is 12.3 Å². The Bertz CT molecular complexity index is 1890. The summed E-state index contributed by atoms with van der Waals surface area (Å²) in [4.78, 5) is 38.2. The van der Waals surface area contributed by atoms with Gasteiger partial charge in [-0.25, -0.2) is 9.18 Å². The lowest BCUT2D eigenvalue weighted by atomic mass is 9.79. The van der Waals surface area contributed by atoms with Gasteiger partial charge in [0.1, 0.15) is 16.1 Å². The Balaban J connectivity index is 1.52. The minimum absolute atomic E-state index is 0.0457. The van der Waals surface area contributed by atoms with Crippen LogP contribution in [0.15, 0.2) is 79.1 Å². The highest BCUT2D eigenvalue weighted by molar-refractivity contribution is 7.90. The molecule has 1 fully saturated rings. The number of pyridine rings is 1. The molecule has 53 heavy (non-hydrogen) atoms. The first-order valence-corrected chi connectivity index (χ1v) is 18.4. The Kier molecular flexibility index (Phi) is 11.6. The van der Waals surface area contributed by atoms with Crippen molar-refractivity contribution >= 4 is 29.0 Å². The molecule has 5 rings (SSSR count). The topological polar surface area (TPSA) is 124 Å². The van der Waals surface area contributed by atoms with E-state index in [0.717, 1.165) is 30.9 Å². The zero-order valence-corrected chi connectivity index (χ0v) is 31.3. The molecule has 10 nitrogen and oxygen atoms in total. The van der Waals surface area contributed by atoms with Gasteiger partial charge in [-0.05, 0) is 101 Å². The number of hydrogen-bond donors (Lipinski definition) is 2. The lowest BCUT2D eigenvalue weighted by molar-refractivity contribution is -0.142. The van der Waals surface area contributed by atoms with Gasteiger partial charge in [-0.1, -0.05) is 54.1 Å². The monoisotopic (exact) mass is 756 g/mol. The van der Waals surface area contributed by atoms with Crippen molar-refractivity contribution in [3.8, 4) is 0 Å². The van der Waals surface area contributed by atoms with Crippen molar-refractivity contribution in [1.82, 2.24) is 24.5 Å². The van der Waals surface area contributed by atoms with Crippen LogP contribution >= 0.6 is 0 Å². The zero-order valence-electron chi connectivity index (χ0n) is 30.5. The summed E-state index contributed by atoms with van der Waals surface area (Å²) in [6.45, 7) is 10.6. The third-order valence-electron chi connectivity index (χ3n) is 8.91. The standard InChI is InChI=1S/C38H44F4N6O4S/c1-35(2,3)47(24-26-10-8-7-9-11-26)34(50)52-48-31(23-32(45-48)38(40,41)42)33(49)44-30-22-28(14-15-29(30)39)37(19-16-25-12-13-25,27-17-20-43-21-18-27)46-53(51)36(4,5)6/h7-11,14-15,17-18,20-23,25,46H,12-13,16,19,24H2,1-6H3,(H,44,49)/t37-,53?/m1/s1. The van der Waals surface area contributed by atoms with E-state index < -0.39 is 62.6 Å². The molecule has 2 atom stereocenters. The number of benzene rings is 2. The molecule has 0 spiro atoms. The van der Waals surface area contributed by atoms with Crippen molar-refractivity contribution in [3.05, 3.63) is 113 Å². The van der Waals surface area contributed by atoms with E-state index in [1.165, 1.54) is 17.0 Å². The van der Waals surface area contributed by atoms with Gasteiger partial charge < -0.3 is 9.87 Å². The molecule has 2 amide bonds. The van der Waals surface area contributed by atoms with Crippen LogP contribution in [0.1, 0.15) is 100 Å². The molecular weight excluding hydrogens is 713 g/mol. The minimum Gasteiger partial charge on any atom is -0.598 e. The molecule has 2 N–H and O–H groups in total. The number of halogens is 4. The summed E-state index contributed by atoms with van der Waals surface area (Å²) in [5.74, 6) is -1.64. The summed E-state index contributed by atoms with van der Waals surface area (Å²) in [7, 11) is 0. The number of hydrogen-bond acceptors (Lipinski definition) is 7. The summed E-state index contributed by atoms with van der Waals surface area (Å²) in [5, 5.41) is 5.76. The van der Waals surface area contributed by atoms with E-state index in [9.17, 15) is 27.3 Å². The third kappa shape index (κ3) is 9.75. The lowest BCUT2D eigenvalue weighted by Gasteiger charge is -2.38. The average Bonchev–Trinajstić information content (AvgIpc) is 3.82. The maximum Gasteiger partial charge on any atom is 0.436 e. The molecule has 2 heterocycles. The first kappa shape index (κ1) is 39.7. The number of nitrogens with one attached hydrogen (secondary N) is 2. The molecule has 0 radical (unpaired) electrons. The second-order valence-corrected chi connectivity index (χ2v) is 17.1. The van der Waals surface area contributed by atoms with Crippen molar-refractivity contribution in [1.29, 1.82) is 0 Å². The van der Waals surface area contributed by atoms with Gasteiger partial charge in [0.25, 0.3) is 5.91 Å². The summed E-state index contributed by atoms with van der Waals surface area (Å²) < 4.78 is 73.7. The average molecular weight is 757 g/mol. The van der Waals surface area contributed by atoms with Crippen LogP contribution in [0, 0.1) is 11.7 Å². The number of aromatic nitrogens is 3. The molecule has 2 aromatic carbocycles. The number of nitrogens with zero attached hydrogens (tertiary/aromatic N) is 4. The smallest absolute Gasteiger partial charge is 0.436 e. The van der Waals surface area contributed by atoms with E-state index in [1.54, 1.807) is 75.6 Å². The molecule has 1 saturated carbocycles. The molecule has 2 aromatic heterocycles. The van der Waals surface area contributed by atoms with E-state index in [-0.39, 0.29) is 17.1 Å². The maximum atomic E-state index is 15.6. The SMILES string of the molecule is CC(C)(C)N(Cc1ccccc1)C(=O)On1nc(C(F)(F)F)cc1C(=O)Nc1cc([C@](CCC2CC2)(N[S+]([O-])C(C)(C)C)c2ccncc2)ccc1F. The van der Waals surface area contributed by atoms with Gasteiger partial charge in [-0.15, -0.1) is 9.82 Å². The van der Waals surface area contributed by atoms with Crippen LogP contribution in [-0.2, 0) is 29.6 Å². The van der Waals surface area contributed by atoms with Crippen molar-refractivity contribution in [2.75, 3.05) is 5.32 Å².